The van der Waals surface area contributed by atoms with Crippen molar-refractivity contribution in [2.24, 2.45) is 0 Å². The normalized spacial score (nSPS) is 25.1. The highest BCUT2D eigenvalue weighted by molar-refractivity contribution is 8.20. The number of carbonyl (C=O) groups is 1. The molecule has 1 unspecified atom stereocenters. The number of alkyl halides is 5. The molecular weight excluding hydrogens is 671 g/mol. The molecule has 0 bridgehead atoms. The summed E-state index contributed by atoms with van der Waals surface area (Å²) >= 11 is 0. The Bertz CT molecular complexity index is 1820. The molecule has 10 nitrogen and oxygen atoms in total. The van der Waals surface area contributed by atoms with Crippen molar-refractivity contribution in [2.75, 3.05) is 23.7 Å². The molecule has 2 aliphatic heterocycles. The van der Waals surface area contributed by atoms with E-state index in [0.717, 1.165) is 12.1 Å². The molecule has 0 saturated carbocycles. The van der Waals surface area contributed by atoms with E-state index in [1.54, 1.807) is 44.4 Å². The van der Waals surface area contributed by atoms with Crippen LogP contribution in [0.4, 0.5) is 32.6 Å². The molecule has 1 aliphatic carbocycles. The van der Waals surface area contributed by atoms with Crippen molar-refractivity contribution < 1.29 is 36.2 Å². The van der Waals surface area contributed by atoms with E-state index in [4.69, 9.17) is 9.47 Å². The summed E-state index contributed by atoms with van der Waals surface area (Å²) in [6, 6.07) is 1.19. The molecule has 1 saturated heterocycles. The molecule has 1 aromatic carbocycles. The lowest BCUT2D eigenvalue weighted by atomic mass is 10.0. The van der Waals surface area contributed by atoms with Crippen LogP contribution in [0.2, 0.25) is 0 Å². The third-order valence-electron chi connectivity index (χ3n) is 8.80. The fourth-order valence-electron chi connectivity index (χ4n) is 6.78. The molecule has 4 atom stereocenters. The van der Waals surface area contributed by atoms with Crippen LogP contribution in [0.3, 0.4) is 0 Å². The van der Waals surface area contributed by atoms with Gasteiger partial charge < -0.3 is 14.4 Å². The highest BCUT2D eigenvalue weighted by Gasteiger charge is 2.41. The second-order valence-corrected chi connectivity index (χ2v) is 16.1. The van der Waals surface area contributed by atoms with Crippen molar-refractivity contribution in [2.45, 2.75) is 101 Å². The van der Waals surface area contributed by atoms with Crippen LogP contribution in [0, 0.1) is 0 Å². The van der Waals surface area contributed by atoms with E-state index in [0.29, 0.717) is 4.91 Å². The summed E-state index contributed by atoms with van der Waals surface area (Å²) in [6.45, 7) is 9.18. The summed E-state index contributed by atoms with van der Waals surface area (Å²) in [4.78, 5) is 43.8. The first-order valence-corrected chi connectivity index (χ1v) is 17.6. The third-order valence-corrected chi connectivity index (χ3v) is 11.6. The lowest BCUT2D eigenvalue weighted by molar-refractivity contribution is -0.137. The Kier molecular flexibility index (Phi) is 9.07. The Hall–Kier alpha value is -3.95. The van der Waals surface area contributed by atoms with Crippen LogP contribution in [-0.4, -0.2) is 79.1 Å². The van der Waals surface area contributed by atoms with Gasteiger partial charge in [-0.15, -0.1) is 0 Å². The average molecular weight is 711 g/mol. The van der Waals surface area contributed by atoms with Crippen molar-refractivity contribution >= 4 is 33.7 Å². The zero-order valence-electron chi connectivity index (χ0n) is 27.8. The average Bonchev–Trinajstić information content (AvgIpc) is 3.15. The molecule has 3 aromatic rings. The summed E-state index contributed by atoms with van der Waals surface area (Å²) in [5, 5.41) is 0.115. The number of benzene rings is 1. The van der Waals surface area contributed by atoms with Crippen LogP contribution in [0.15, 0.2) is 51.4 Å². The van der Waals surface area contributed by atoms with Gasteiger partial charge in [0.1, 0.15) is 17.5 Å². The Morgan fingerprint density at radius 2 is 1.78 bits per heavy atom. The van der Waals surface area contributed by atoms with E-state index in [-0.39, 0.29) is 59.3 Å². The lowest BCUT2D eigenvalue weighted by Crippen LogP contribution is -2.59. The van der Waals surface area contributed by atoms with Gasteiger partial charge in [0.15, 0.2) is 0 Å². The molecule has 3 aliphatic rings. The molecule has 49 heavy (non-hydrogen) atoms. The van der Waals surface area contributed by atoms with E-state index in [2.05, 4.69) is 15.0 Å². The maximum atomic E-state index is 14.6. The largest absolute Gasteiger partial charge is 0.471 e. The maximum absolute atomic E-state index is 14.6. The number of allylic oxidation sites excluding steroid dienone is 2. The summed E-state index contributed by atoms with van der Waals surface area (Å²) < 4.78 is 85.6. The first-order chi connectivity index (χ1) is 22.9. The van der Waals surface area contributed by atoms with E-state index >= 15 is 0 Å². The quantitative estimate of drug-likeness (QED) is 0.240. The van der Waals surface area contributed by atoms with Crippen molar-refractivity contribution in [1.82, 2.24) is 24.4 Å². The Morgan fingerprint density at radius 1 is 1.06 bits per heavy atom. The molecule has 0 spiro atoms. The molecule has 1 fully saturated rings. The number of hydrogen-bond donors (Lipinski definition) is 1. The van der Waals surface area contributed by atoms with E-state index in [9.17, 15) is 31.5 Å². The number of aromatic nitrogens is 4. The van der Waals surface area contributed by atoms with Crippen LogP contribution in [-0.2, 0) is 17.5 Å². The van der Waals surface area contributed by atoms with Crippen molar-refractivity contribution in [3.63, 3.8) is 0 Å². The number of nitrogens with zero attached hydrogens (tertiary/aromatic N) is 6. The Balaban J connectivity index is 1.51. The summed E-state index contributed by atoms with van der Waals surface area (Å²) in [7, 11) is -1.67. The van der Waals surface area contributed by atoms with Gasteiger partial charge in [0.05, 0.1) is 35.9 Å². The molecule has 266 valence electrons. The first-order valence-electron chi connectivity index (χ1n) is 16.1. The van der Waals surface area contributed by atoms with Gasteiger partial charge >= 0.3 is 18.0 Å². The number of hydrogen-bond acceptors (Lipinski definition) is 8. The molecule has 16 heteroatoms. The highest BCUT2D eigenvalue weighted by Crippen LogP contribution is 2.55. The second kappa shape index (κ2) is 12.7. The van der Waals surface area contributed by atoms with Gasteiger partial charge in [0, 0.05) is 54.4 Å². The van der Waals surface area contributed by atoms with Gasteiger partial charge in [-0.25, -0.2) is 23.4 Å². The number of thiol groups is 1. The highest BCUT2D eigenvalue weighted by atomic mass is 32.2. The van der Waals surface area contributed by atoms with Crippen LogP contribution in [0.25, 0.3) is 10.9 Å². The van der Waals surface area contributed by atoms with E-state index in [1.807, 2.05) is 0 Å². The molecule has 6 rings (SSSR count). The van der Waals surface area contributed by atoms with Gasteiger partial charge in [-0.3, -0.25) is 14.5 Å². The summed E-state index contributed by atoms with van der Waals surface area (Å²) in [5.41, 5.74) is -2.08. The van der Waals surface area contributed by atoms with Gasteiger partial charge in [-0.2, -0.15) is 29.1 Å². The predicted octanol–water partition coefficient (Wildman–Crippen LogP) is 6.56. The topological polar surface area (TPSA) is 103 Å². The van der Waals surface area contributed by atoms with Gasteiger partial charge in [0.25, 0.3) is 5.92 Å². The Morgan fingerprint density at radius 3 is 2.37 bits per heavy atom. The van der Waals surface area contributed by atoms with Crippen molar-refractivity contribution in [3.8, 4) is 5.88 Å². The number of piperazine rings is 1. The zero-order valence-corrected chi connectivity index (χ0v) is 28.7. The maximum Gasteiger partial charge on any atom is 0.416 e. The minimum Gasteiger partial charge on any atom is -0.471 e. The number of halogens is 5. The molecule has 0 radical (unpaired) electrons. The van der Waals surface area contributed by atoms with Gasteiger partial charge in [0.2, 0.25) is 5.88 Å². The SMILES string of the molecule is C[C@@H]1CN(c2nc(=O)n3c4c(cc(C(F)(F)F)cc24)[SH](C2=CCC(F)(F)CC2)C[C@@H](Oc2cnccn2)C3)C[C@H](C)N1C(=O)OC(C)(C)C. The fraction of sp³-hybridized carbons (Fsp3) is 0.545. The number of carbonyl (C=O) groups excluding carboxylic acids is 1. The van der Waals surface area contributed by atoms with Gasteiger partial charge in [-0.05, 0) is 58.1 Å². The third kappa shape index (κ3) is 7.33. The number of amides is 1. The lowest BCUT2D eigenvalue weighted by Gasteiger charge is -2.45. The minimum atomic E-state index is -4.75. The fourth-order valence-corrected chi connectivity index (χ4v) is 9.61. The monoisotopic (exact) mass is 710 g/mol. The Labute approximate surface area is 282 Å². The molecule has 2 aromatic heterocycles. The van der Waals surface area contributed by atoms with Crippen LogP contribution < -0.4 is 15.3 Å². The van der Waals surface area contributed by atoms with Gasteiger partial charge in [-0.1, -0.05) is 6.08 Å². The minimum absolute atomic E-state index is 0.00185. The molecule has 0 N–H and O–H groups in total. The number of anilines is 1. The van der Waals surface area contributed by atoms with Crippen LogP contribution in [0.1, 0.15) is 59.4 Å². The zero-order chi connectivity index (χ0) is 35.5. The van der Waals surface area contributed by atoms with Crippen LogP contribution >= 0.6 is 10.9 Å². The summed E-state index contributed by atoms with van der Waals surface area (Å²) in [6.07, 6.45) is -1.26. The smallest absolute Gasteiger partial charge is 0.416 e. The van der Waals surface area contributed by atoms with E-state index < -0.39 is 77.0 Å². The van der Waals surface area contributed by atoms with Crippen LogP contribution in [0.5, 0.6) is 5.88 Å². The molecular formula is C33H39F5N6O4S. The van der Waals surface area contributed by atoms with Crippen molar-refractivity contribution in [3.05, 3.63) is 57.8 Å². The standard InChI is InChI=1S/C33H39F5N6O4S/c1-19-15-42(16-20(2)44(19)30(46)48-31(3,4)5)28-24-12-21(33(36,37)38)13-25-27(24)43(29(45)41-28)17-22(47-26-14-39-10-11-40-26)18-49(25)23-6-8-32(34,35)9-7-23/h6,10-14,19-20,22,49H,7-9,15-18H2,1-5H3/t19-,20+,22-/m0/s1. The second-order valence-electron chi connectivity index (χ2n) is 13.9. The number of rotatable bonds is 4. The molecule has 4 heterocycles. The van der Waals surface area contributed by atoms with Crippen molar-refractivity contribution in [1.29, 1.82) is 0 Å². The first kappa shape index (κ1) is 34.9. The number of ether oxygens (including phenoxy) is 2. The molecule has 1 amide bonds. The van der Waals surface area contributed by atoms with E-state index in [1.165, 1.54) is 29.2 Å². The predicted molar refractivity (Wildman–Crippen MR) is 176 cm³/mol. The summed E-state index contributed by atoms with van der Waals surface area (Å²) in [5.74, 6) is -2.52.